The topological polar surface area (TPSA) is 54.3 Å². The number of aryl methyl sites for hydroxylation is 1. The molecule has 0 aliphatic carbocycles. The van der Waals surface area contributed by atoms with Crippen molar-refractivity contribution in [2.45, 2.75) is 52.0 Å². The normalized spacial score (nSPS) is 17.8. The molecule has 24 heavy (non-hydrogen) atoms. The van der Waals surface area contributed by atoms with E-state index in [0.717, 1.165) is 42.5 Å². The van der Waals surface area contributed by atoms with Gasteiger partial charge in [-0.3, -0.25) is 4.79 Å². The predicted octanol–water partition coefficient (Wildman–Crippen LogP) is 3.70. The number of rotatable bonds is 4. The molecular formula is C19H27ClN2O2. The van der Waals surface area contributed by atoms with Crippen LogP contribution in [0.1, 0.15) is 49.3 Å². The van der Waals surface area contributed by atoms with E-state index >= 15 is 0 Å². The molecule has 2 aromatic rings. The lowest BCUT2D eigenvalue weighted by Gasteiger charge is -2.23. The Balaban J connectivity index is 0.00000208. The number of halogens is 1. The second-order valence-corrected chi connectivity index (χ2v) is 6.91. The van der Waals surface area contributed by atoms with E-state index in [0.29, 0.717) is 12.3 Å². The van der Waals surface area contributed by atoms with Gasteiger partial charge in [-0.2, -0.15) is 0 Å². The smallest absolute Gasteiger partial charge is 0.224 e. The van der Waals surface area contributed by atoms with Gasteiger partial charge in [-0.05, 0) is 55.5 Å². The average molecular weight is 351 g/mol. The Labute approximate surface area is 149 Å². The van der Waals surface area contributed by atoms with Gasteiger partial charge in [0.1, 0.15) is 5.58 Å². The maximum Gasteiger partial charge on any atom is 0.224 e. The van der Waals surface area contributed by atoms with Gasteiger partial charge in [0.25, 0.3) is 0 Å². The minimum atomic E-state index is 0. The van der Waals surface area contributed by atoms with Crippen molar-refractivity contribution >= 4 is 29.3 Å². The van der Waals surface area contributed by atoms with Crippen molar-refractivity contribution in [1.29, 1.82) is 0 Å². The standard InChI is InChI=1S/C19H26N2O2.ClH/c1-12(2)16-9-17-14(11-23-18(17)7-13(16)3)8-19(22)21-15-5-4-6-20-10-15;/h7,9,11-12,15,20H,4-6,8,10H2,1-3H3,(H,21,22);1H/t15-;/m0./s1. The number of amides is 1. The first-order valence-corrected chi connectivity index (χ1v) is 8.55. The molecular weight excluding hydrogens is 324 g/mol. The zero-order valence-corrected chi connectivity index (χ0v) is 15.5. The van der Waals surface area contributed by atoms with Gasteiger partial charge in [-0.25, -0.2) is 0 Å². The van der Waals surface area contributed by atoms with Gasteiger partial charge in [-0.15, -0.1) is 12.4 Å². The fraction of sp³-hybridized carbons (Fsp3) is 0.526. The van der Waals surface area contributed by atoms with Gasteiger partial charge in [0.05, 0.1) is 12.7 Å². The largest absolute Gasteiger partial charge is 0.464 e. The molecule has 0 saturated carbocycles. The van der Waals surface area contributed by atoms with E-state index in [9.17, 15) is 4.79 Å². The summed E-state index contributed by atoms with van der Waals surface area (Å²) >= 11 is 0. The molecule has 0 radical (unpaired) electrons. The van der Waals surface area contributed by atoms with Crippen molar-refractivity contribution in [3.63, 3.8) is 0 Å². The molecule has 2 N–H and O–H groups in total. The monoisotopic (exact) mass is 350 g/mol. The summed E-state index contributed by atoms with van der Waals surface area (Å²) in [5.41, 5.74) is 4.40. The van der Waals surface area contributed by atoms with E-state index in [1.165, 1.54) is 11.1 Å². The Morgan fingerprint density at radius 3 is 2.88 bits per heavy atom. The molecule has 2 heterocycles. The number of hydrogen-bond acceptors (Lipinski definition) is 3. The summed E-state index contributed by atoms with van der Waals surface area (Å²) in [6, 6.07) is 4.52. The molecule has 0 unspecified atom stereocenters. The van der Waals surface area contributed by atoms with Crippen LogP contribution in [0.3, 0.4) is 0 Å². The molecule has 1 saturated heterocycles. The molecule has 1 aliphatic rings. The lowest BCUT2D eigenvalue weighted by atomic mass is 9.95. The lowest BCUT2D eigenvalue weighted by molar-refractivity contribution is -0.121. The molecule has 3 rings (SSSR count). The molecule has 1 aliphatic heterocycles. The highest BCUT2D eigenvalue weighted by molar-refractivity contribution is 5.88. The van der Waals surface area contributed by atoms with E-state index < -0.39 is 0 Å². The molecule has 132 valence electrons. The summed E-state index contributed by atoms with van der Waals surface area (Å²) in [7, 11) is 0. The number of carbonyl (C=O) groups is 1. The van der Waals surface area contributed by atoms with Crippen LogP contribution in [0.25, 0.3) is 11.0 Å². The molecule has 5 heteroatoms. The van der Waals surface area contributed by atoms with Crippen LogP contribution in [0.5, 0.6) is 0 Å². The third kappa shape index (κ3) is 4.11. The fourth-order valence-corrected chi connectivity index (χ4v) is 3.43. The summed E-state index contributed by atoms with van der Waals surface area (Å²) in [6.07, 6.45) is 4.29. The van der Waals surface area contributed by atoms with Crippen molar-refractivity contribution in [2.75, 3.05) is 13.1 Å². The third-order valence-electron chi connectivity index (χ3n) is 4.68. The number of furan rings is 1. The second-order valence-electron chi connectivity index (χ2n) is 6.91. The number of hydrogen-bond donors (Lipinski definition) is 2. The summed E-state index contributed by atoms with van der Waals surface area (Å²) in [5.74, 6) is 0.539. The highest BCUT2D eigenvalue weighted by Crippen LogP contribution is 2.29. The third-order valence-corrected chi connectivity index (χ3v) is 4.68. The number of piperidine rings is 1. The molecule has 1 atom stereocenters. The van der Waals surface area contributed by atoms with Crippen LogP contribution in [-0.4, -0.2) is 25.0 Å². The zero-order valence-electron chi connectivity index (χ0n) is 14.6. The van der Waals surface area contributed by atoms with E-state index in [1.54, 1.807) is 6.26 Å². The van der Waals surface area contributed by atoms with Crippen molar-refractivity contribution in [3.05, 3.63) is 35.1 Å². The summed E-state index contributed by atoms with van der Waals surface area (Å²) < 4.78 is 5.66. The number of carbonyl (C=O) groups excluding carboxylic acids is 1. The van der Waals surface area contributed by atoms with Crippen LogP contribution in [0, 0.1) is 6.92 Å². The van der Waals surface area contributed by atoms with E-state index in [4.69, 9.17) is 4.42 Å². The fourth-order valence-electron chi connectivity index (χ4n) is 3.43. The average Bonchev–Trinajstić information content (AvgIpc) is 2.89. The van der Waals surface area contributed by atoms with Gasteiger partial charge >= 0.3 is 0 Å². The van der Waals surface area contributed by atoms with Crippen LogP contribution in [0.15, 0.2) is 22.8 Å². The molecule has 1 fully saturated rings. The highest BCUT2D eigenvalue weighted by atomic mass is 35.5. The van der Waals surface area contributed by atoms with Crippen LogP contribution >= 0.6 is 12.4 Å². The van der Waals surface area contributed by atoms with Gasteiger partial charge < -0.3 is 15.1 Å². The van der Waals surface area contributed by atoms with Gasteiger partial charge in [0.15, 0.2) is 0 Å². The molecule has 1 aromatic heterocycles. The SMILES string of the molecule is Cc1cc2occ(CC(=O)N[C@H]3CCCNC3)c2cc1C(C)C.Cl. The zero-order chi connectivity index (χ0) is 16.4. The van der Waals surface area contributed by atoms with Crippen molar-refractivity contribution in [1.82, 2.24) is 10.6 Å². The summed E-state index contributed by atoms with van der Waals surface area (Å²) in [5, 5.41) is 7.52. The van der Waals surface area contributed by atoms with Gasteiger partial charge in [0.2, 0.25) is 5.91 Å². The van der Waals surface area contributed by atoms with Crippen molar-refractivity contribution in [3.8, 4) is 0 Å². The molecule has 1 aromatic carbocycles. The van der Waals surface area contributed by atoms with Crippen LogP contribution in [0.4, 0.5) is 0 Å². The van der Waals surface area contributed by atoms with E-state index in [2.05, 4.69) is 43.5 Å². The Morgan fingerprint density at radius 1 is 1.42 bits per heavy atom. The number of fused-ring (bicyclic) bond motifs is 1. The molecule has 4 nitrogen and oxygen atoms in total. The highest BCUT2D eigenvalue weighted by Gasteiger charge is 2.18. The quantitative estimate of drug-likeness (QED) is 0.884. The predicted molar refractivity (Wildman–Crippen MR) is 100 cm³/mol. The van der Waals surface area contributed by atoms with Crippen LogP contribution < -0.4 is 10.6 Å². The Kier molecular flexibility index (Phi) is 6.30. The van der Waals surface area contributed by atoms with Crippen LogP contribution in [0.2, 0.25) is 0 Å². The van der Waals surface area contributed by atoms with E-state index in [1.807, 2.05) is 0 Å². The summed E-state index contributed by atoms with van der Waals surface area (Å²) in [6.45, 7) is 8.41. The Morgan fingerprint density at radius 2 is 2.21 bits per heavy atom. The minimum Gasteiger partial charge on any atom is -0.464 e. The first kappa shape index (κ1) is 18.8. The number of nitrogens with one attached hydrogen (secondary N) is 2. The van der Waals surface area contributed by atoms with Crippen molar-refractivity contribution in [2.24, 2.45) is 0 Å². The lowest BCUT2D eigenvalue weighted by Crippen LogP contribution is -2.46. The maximum atomic E-state index is 12.3. The Bertz CT molecular complexity index is 703. The first-order valence-electron chi connectivity index (χ1n) is 8.55. The molecule has 1 amide bonds. The summed E-state index contributed by atoms with van der Waals surface area (Å²) in [4.78, 5) is 12.3. The first-order chi connectivity index (χ1) is 11.0. The van der Waals surface area contributed by atoms with Gasteiger partial charge in [0, 0.05) is 23.5 Å². The molecule has 0 spiro atoms. The van der Waals surface area contributed by atoms with E-state index in [-0.39, 0.29) is 24.4 Å². The molecule has 0 bridgehead atoms. The maximum absolute atomic E-state index is 12.3. The minimum absolute atomic E-state index is 0. The Hall–Kier alpha value is -1.52. The second kappa shape index (κ2) is 8.04. The van der Waals surface area contributed by atoms with Crippen molar-refractivity contribution < 1.29 is 9.21 Å². The van der Waals surface area contributed by atoms with Crippen LogP contribution in [-0.2, 0) is 11.2 Å². The number of benzene rings is 1. The van der Waals surface area contributed by atoms with Gasteiger partial charge in [-0.1, -0.05) is 13.8 Å².